The highest BCUT2D eigenvalue weighted by atomic mass is 16.5. The number of rotatable bonds is 6. The molecule has 0 atom stereocenters. The summed E-state index contributed by atoms with van der Waals surface area (Å²) in [7, 11) is 0. The molecule has 3 aromatic rings. The molecule has 0 spiro atoms. The maximum Gasteiger partial charge on any atom is 0.220 e. The average Bonchev–Trinajstić information content (AvgIpc) is 3.10. The Hall–Kier alpha value is -2.56. The van der Waals surface area contributed by atoms with Crippen LogP contribution < -0.4 is 5.32 Å². The molecule has 0 radical (unpaired) electrons. The van der Waals surface area contributed by atoms with Gasteiger partial charge in [0.05, 0.1) is 5.69 Å². The highest BCUT2D eigenvalue weighted by Crippen LogP contribution is 2.18. The van der Waals surface area contributed by atoms with Gasteiger partial charge >= 0.3 is 0 Å². The third-order valence-corrected chi connectivity index (χ3v) is 4.17. The van der Waals surface area contributed by atoms with E-state index in [0.717, 1.165) is 29.0 Å². The van der Waals surface area contributed by atoms with Crippen molar-refractivity contribution in [2.24, 2.45) is 0 Å². The van der Waals surface area contributed by atoms with Crippen LogP contribution in [0.3, 0.4) is 0 Å². The molecule has 120 valence electrons. The van der Waals surface area contributed by atoms with E-state index in [0.29, 0.717) is 19.4 Å². The van der Waals surface area contributed by atoms with Gasteiger partial charge in [0.1, 0.15) is 5.76 Å². The first-order chi connectivity index (χ1) is 11.1. The van der Waals surface area contributed by atoms with E-state index in [1.165, 1.54) is 10.9 Å². The van der Waals surface area contributed by atoms with Gasteiger partial charge in [0.25, 0.3) is 0 Å². The van der Waals surface area contributed by atoms with E-state index in [1.54, 1.807) is 0 Å². The molecular weight excluding hydrogens is 290 g/mol. The molecule has 0 saturated carbocycles. The molecule has 0 fully saturated rings. The van der Waals surface area contributed by atoms with Crippen LogP contribution in [0.25, 0.3) is 10.9 Å². The summed E-state index contributed by atoms with van der Waals surface area (Å²) in [5, 5.41) is 8.11. The lowest BCUT2D eigenvalue weighted by Crippen LogP contribution is -2.25. The number of nitrogens with zero attached hydrogens (tertiary/aromatic N) is 1. The minimum Gasteiger partial charge on any atom is -0.361 e. The van der Waals surface area contributed by atoms with Crippen LogP contribution >= 0.6 is 0 Å². The van der Waals surface area contributed by atoms with Gasteiger partial charge in [0.15, 0.2) is 0 Å². The molecule has 23 heavy (non-hydrogen) atoms. The second kappa shape index (κ2) is 6.69. The number of hydrogen-bond acceptors (Lipinski definition) is 3. The van der Waals surface area contributed by atoms with Gasteiger partial charge in [-0.2, -0.15) is 0 Å². The second-order valence-corrected chi connectivity index (χ2v) is 5.76. The first kappa shape index (κ1) is 15.3. The fraction of sp³-hybridized carbons (Fsp3) is 0.333. The van der Waals surface area contributed by atoms with Gasteiger partial charge in [0.2, 0.25) is 5.91 Å². The molecule has 3 rings (SSSR count). The third-order valence-electron chi connectivity index (χ3n) is 4.17. The maximum atomic E-state index is 12.0. The first-order valence-corrected chi connectivity index (χ1v) is 7.88. The Morgan fingerprint density at radius 3 is 2.87 bits per heavy atom. The van der Waals surface area contributed by atoms with E-state index in [2.05, 4.69) is 27.6 Å². The molecule has 2 N–H and O–H groups in total. The highest BCUT2D eigenvalue weighted by molar-refractivity contribution is 5.83. The molecule has 0 unspecified atom stereocenters. The molecule has 0 bridgehead atoms. The molecular formula is C18H21N3O2. The molecule has 0 aliphatic heterocycles. The molecule has 2 heterocycles. The number of nitrogens with one attached hydrogen (secondary N) is 2. The lowest BCUT2D eigenvalue weighted by Gasteiger charge is -2.05. The number of aryl methyl sites for hydroxylation is 2. The Morgan fingerprint density at radius 2 is 2.09 bits per heavy atom. The van der Waals surface area contributed by atoms with Crippen molar-refractivity contribution in [3.05, 3.63) is 53.0 Å². The van der Waals surface area contributed by atoms with Crippen LogP contribution in [-0.4, -0.2) is 22.6 Å². The van der Waals surface area contributed by atoms with E-state index in [-0.39, 0.29) is 5.91 Å². The van der Waals surface area contributed by atoms with Crippen molar-refractivity contribution in [3.63, 3.8) is 0 Å². The standard InChI is InChI=1S/C18H21N3O2/c1-12-15(13(2)23-21-12)7-8-18(22)19-10-9-14-11-20-17-6-4-3-5-16(14)17/h3-6,11,20H,7-10H2,1-2H3,(H,19,22). The van der Waals surface area contributed by atoms with Crippen LogP contribution in [-0.2, 0) is 17.6 Å². The van der Waals surface area contributed by atoms with Crippen LogP contribution in [0.1, 0.15) is 29.0 Å². The van der Waals surface area contributed by atoms with Crippen LogP contribution in [0.2, 0.25) is 0 Å². The van der Waals surface area contributed by atoms with E-state index in [4.69, 9.17) is 4.52 Å². The van der Waals surface area contributed by atoms with E-state index < -0.39 is 0 Å². The van der Waals surface area contributed by atoms with E-state index in [9.17, 15) is 4.79 Å². The number of aromatic amines is 1. The minimum atomic E-state index is 0.0600. The van der Waals surface area contributed by atoms with Crippen molar-refractivity contribution in [2.75, 3.05) is 6.54 Å². The maximum absolute atomic E-state index is 12.0. The van der Waals surface area contributed by atoms with Gasteiger partial charge in [-0.25, -0.2) is 0 Å². The first-order valence-electron chi connectivity index (χ1n) is 7.88. The van der Waals surface area contributed by atoms with Crippen LogP contribution in [0.5, 0.6) is 0 Å². The van der Waals surface area contributed by atoms with Crippen molar-refractivity contribution in [2.45, 2.75) is 33.1 Å². The summed E-state index contributed by atoms with van der Waals surface area (Å²) >= 11 is 0. The third kappa shape index (κ3) is 3.44. The summed E-state index contributed by atoms with van der Waals surface area (Å²) in [6.07, 6.45) is 3.96. The monoisotopic (exact) mass is 311 g/mol. The van der Waals surface area contributed by atoms with Crippen molar-refractivity contribution in [3.8, 4) is 0 Å². The zero-order chi connectivity index (χ0) is 16.2. The topological polar surface area (TPSA) is 70.9 Å². The number of hydrogen-bond donors (Lipinski definition) is 2. The average molecular weight is 311 g/mol. The van der Waals surface area contributed by atoms with Gasteiger partial charge in [0, 0.05) is 35.6 Å². The summed E-state index contributed by atoms with van der Waals surface area (Å²) in [4.78, 5) is 15.2. The van der Waals surface area contributed by atoms with Gasteiger partial charge in [-0.1, -0.05) is 23.4 Å². The Bertz CT molecular complexity index is 797. The van der Waals surface area contributed by atoms with Crippen molar-refractivity contribution in [1.29, 1.82) is 0 Å². The van der Waals surface area contributed by atoms with Crippen LogP contribution in [0.4, 0.5) is 0 Å². The lowest BCUT2D eigenvalue weighted by atomic mass is 10.1. The minimum absolute atomic E-state index is 0.0600. The Balaban J connectivity index is 1.48. The summed E-state index contributed by atoms with van der Waals surface area (Å²) in [5.41, 5.74) is 4.27. The molecule has 5 heteroatoms. The summed E-state index contributed by atoms with van der Waals surface area (Å²) in [6, 6.07) is 8.20. The number of para-hydroxylation sites is 1. The SMILES string of the molecule is Cc1noc(C)c1CCC(=O)NCCc1c[nH]c2ccccc12. The van der Waals surface area contributed by atoms with Crippen LogP contribution in [0, 0.1) is 13.8 Å². The van der Waals surface area contributed by atoms with E-state index >= 15 is 0 Å². The predicted molar refractivity (Wildman–Crippen MR) is 89.3 cm³/mol. The molecule has 1 aromatic carbocycles. The zero-order valence-corrected chi connectivity index (χ0v) is 13.5. The zero-order valence-electron chi connectivity index (χ0n) is 13.5. The fourth-order valence-electron chi connectivity index (χ4n) is 2.86. The molecule has 5 nitrogen and oxygen atoms in total. The van der Waals surface area contributed by atoms with Gasteiger partial charge < -0.3 is 14.8 Å². The summed E-state index contributed by atoms with van der Waals surface area (Å²) in [6.45, 7) is 4.42. The lowest BCUT2D eigenvalue weighted by molar-refractivity contribution is -0.121. The summed E-state index contributed by atoms with van der Waals surface area (Å²) < 4.78 is 5.11. The molecule has 0 aliphatic rings. The summed E-state index contributed by atoms with van der Waals surface area (Å²) in [5.74, 6) is 0.860. The fourth-order valence-corrected chi connectivity index (χ4v) is 2.86. The normalized spacial score (nSPS) is 11.0. The quantitative estimate of drug-likeness (QED) is 0.735. The number of H-pyrrole nitrogens is 1. The number of amides is 1. The molecule has 2 aromatic heterocycles. The molecule has 0 aliphatic carbocycles. The second-order valence-electron chi connectivity index (χ2n) is 5.76. The Labute approximate surface area is 135 Å². The molecule has 1 amide bonds. The van der Waals surface area contributed by atoms with Crippen molar-refractivity contribution < 1.29 is 9.32 Å². The van der Waals surface area contributed by atoms with Crippen molar-refractivity contribution in [1.82, 2.24) is 15.5 Å². The number of carbonyl (C=O) groups is 1. The number of fused-ring (bicyclic) bond motifs is 1. The predicted octanol–water partition coefficient (Wildman–Crippen LogP) is 3.06. The van der Waals surface area contributed by atoms with Gasteiger partial charge in [-0.15, -0.1) is 0 Å². The van der Waals surface area contributed by atoms with Crippen molar-refractivity contribution >= 4 is 16.8 Å². The van der Waals surface area contributed by atoms with Gasteiger partial charge in [-0.3, -0.25) is 4.79 Å². The Morgan fingerprint density at radius 1 is 1.26 bits per heavy atom. The Kier molecular flexibility index (Phi) is 4.46. The largest absolute Gasteiger partial charge is 0.361 e. The molecule has 0 saturated heterocycles. The number of aromatic nitrogens is 2. The number of benzene rings is 1. The van der Waals surface area contributed by atoms with Gasteiger partial charge in [-0.05, 0) is 38.3 Å². The van der Waals surface area contributed by atoms with Crippen LogP contribution in [0.15, 0.2) is 35.0 Å². The van der Waals surface area contributed by atoms with E-state index in [1.807, 2.05) is 32.2 Å². The highest BCUT2D eigenvalue weighted by Gasteiger charge is 2.11. The smallest absolute Gasteiger partial charge is 0.220 e. The number of carbonyl (C=O) groups excluding carboxylic acids is 1.